The molecular weight excluding hydrogens is 228 g/mol. The maximum absolute atomic E-state index is 12.0. The van der Waals surface area contributed by atoms with Crippen molar-refractivity contribution in [3.63, 3.8) is 0 Å². The second-order valence-corrected chi connectivity index (χ2v) is 4.74. The van der Waals surface area contributed by atoms with Crippen LogP contribution < -0.4 is 10.6 Å². The molecule has 1 fully saturated rings. The molecule has 1 aromatic heterocycles. The summed E-state index contributed by atoms with van der Waals surface area (Å²) in [6.07, 6.45) is 9.82. The van der Waals surface area contributed by atoms with Crippen molar-refractivity contribution in [3.8, 4) is 0 Å². The predicted molar refractivity (Wildman–Crippen MR) is 69.0 cm³/mol. The molecule has 0 spiro atoms. The van der Waals surface area contributed by atoms with E-state index in [2.05, 4.69) is 20.6 Å². The first-order valence-electron chi connectivity index (χ1n) is 6.49. The smallest absolute Gasteiger partial charge is 0.240 e. The van der Waals surface area contributed by atoms with Gasteiger partial charge in [-0.25, -0.2) is 0 Å². The Balaban J connectivity index is 1.89. The van der Waals surface area contributed by atoms with Gasteiger partial charge in [0.2, 0.25) is 5.91 Å². The highest BCUT2D eigenvalue weighted by Gasteiger charge is 2.39. The van der Waals surface area contributed by atoms with Gasteiger partial charge in [-0.1, -0.05) is 0 Å². The number of carbonyl (C=O) groups is 1. The summed E-state index contributed by atoms with van der Waals surface area (Å²) in [6, 6.07) is 0. The summed E-state index contributed by atoms with van der Waals surface area (Å²) in [6.45, 7) is 0.929. The van der Waals surface area contributed by atoms with Crippen molar-refractivity contribution in [1.29, 1.82) is 0 Å². The van der Waals surface area contributed by atoms with Crippen molar-refractivity contribution < 1.29 is 4.79 Å². The van der Waals surface area contributed by atoms with Gasteiger partial charge in [0, 0.05) is 25.6 Å². The van der Waals surface area contributed by atoms with E-state index < -0.39 is 0 Å². The van der Waals surface area contributed by atoms with Gasteiger partial charge in [-0.15, -0.1) is 0 Å². The van der Waals surface area contributed by atoms with Crippen LogP contribution in [-0.2, 0) is 11.2 Å². The van der Waals surface area contributed by atoms with Gasteiger partial charge in [0.1, 0.15) is 0 Å². The fourth-order valence-electron chi connectivity index (χ4n) is 2.60. The van der Waals surface area contributed by atoms with E-state index in [0.29, 0.717) is 0 Å². The third kappa shape index (κ3) is 2.85. The van der Waals surface area contributed by atoms with Crippen molar-refractivity contribution in [2.45, 2.75) is 37.6 Å². The van der Waals surface area contributed by atoms with Gasteiger partial charge >= 0.3 is 0 Å². The molecule has 1 atom stereocenters. The minimum atomic E-state index is -0.364. The minimum absolute atomic E-state index is 0.110. The lowest BCUT2D eigenvalue weighted by Gasteiger charge is -2.27. The number of carbonyl (C=O) groups excluding carboxylic acids is 1. The third-order valence-electron chi connectivity index (χ3n) is 3.56. The Kier molecular flexibility index (Phi) is 4.25. The van der Waals surface area contributed by atoms with Crippen LogP contribution in [0.4, 0.5) is 0 Å². The van der Waals surface area contributed by atoms with E-state index in [0.717, 1.165) is 44.3 Å². The van der Waals surface area contributed by atoms with Crippen LogP contribution in [0.15, 0.2) is 18.6 Å². The number of nitrogens with zero attached hydrogens (tertiary/aromatic N) is 2. The summed E-state index contributed by atoms with van der Waals surface area (Å²) < 4.78 is 0. The van der Waals surface area contributed by atoms with Gasteiger partial charge in [0.05, 0.1) is 11.2 Å². The molecule has 0 aliphatic carbocycles. The zero-order valence-corrected chi connectivity index (χ0v) is 10.8. The molecule has 1 amide bonds. The Morgan fingerprint density at radius 1 is 1.56 bits per heavy atom. The maximum atomic E-state index is 12.0. The largest absolute Gasteiger partial charge is 0.358 e. The van der Waals surface area contributed by atoms with Crippen molar-refractivity contribution in [1.82, 2.24) is 20.6 Å². The first kappa shape index (κ1) is 13.0. The van der Waals surface area contributed by atoms with Gasteiger partial charge in [-0.05, 0) is 38.6 Å². The molecular formula is C13H20N4O. The third-order valence-corrected chi connectivity index (χ3v) is 3.56. The molecule has 2 heterocycles. The average molecular weight is 248 g/mol. The summed E-state index contributed by atoms with van der Waals surface area (Å²) in [5, 5.41) is 6.13. The molecule has 0 saturated carbocycles. The fraction of sp³-hybridized carbons (Fsp3) is 0.615. The second-order valence-electron chi connectivity index (χ2n) is 4.74. The summed E-state index contributed by atoms with van der Waals surface area (Å²) in [4.78, 5) is 20.3. The van der Waals surface area contributed by atoms with Crippen LogP contribution in [0, 0.1) is 0 Å². The van der Waals surface area contributed by atoms with Gasteiger partial charge in [-0.3, -0.25) is 14.8 Å². The van der Waals surface area contributed by atoms with Crippen LogP contribution in [-0.4, -0.2) is 35.0 Å². The molecule has 1 aliphatic heterocycles. The zero-order chi connectivity index (χ0) is 12.8. The molecule has 2 N–H and O–H groups in total. The number of hydrogen-bond acceptors (Lipinski definition) is 4. The van der Waals surface area contributed by atoms with Crippen LogP contribution in [0.25, 0.3) is 0 Å². The Bertz CT molecular complexity index is 387. The zero-order valence-electron chi connectivity index (χ0n) is 10.8. The van der Waals surface area contributed by atoms with E-state index in [1.54, 1.807) is 25.6 Å². The molecule has 5 nitrogen and oxygen atoms in total. The van der Waals surface area contributed by atoms with Gasteiger partial charge in [0.15, 0.2) is 0 Å². The van der Waals surface area contributed by atoms with Crippen molar-refractivity contribution in [3.05, 3.63) is 24.3 Å². The van der Waals surface area contributed by atoms with E-state index >= 15 is 0 Å². The summed E-state index contributed by atoms with van der Waals surface area (Å²) in [5.74, 6) is 0.110. The molecule has 1 aliphatic rings. The normalized spacial score (nSPS) is 22.9. The number of aromatic nitrogens is 2. The molecule has 18 heavy (non-hydrogen) atoms. The lowest BCUT2D eigenvalue weighted by molar-refractivity contribution is -0.126. The highest BCUT2D eigenvalue weighted by atomic mass is 16.2. The topological polar surface area (TPSA) is 66.9 Å². The predicted octanol–water partition coefficient (Wildman–Crippen LogP) is 0.667. The molecule has 0 radical (unpaired) electrons. The maximum Gasteiger partial charge on any atom is 0.240 e. The van der Waals surface area contributed by atoms with Gasteiger partial charge < -0.3 is 10.6 Å². The lowest BCUT2D eigenvalue weighted by atomic mass is 9.89. The van der Waals surface area contributed by atoms with Crippen LogP contribution in [0.2, 0.25) is 0 Å². The van der Waals surface area contributed by atoms with Gasteiger partial charge in [-0.2, -0.15) is 0 Å². The van der Waals surface area contributed by atoms with E-state index in [1.807, 2.05) is 0 Å². The lowest BCUT2D eigenvalue weighted by Crippen LogP contribution is -2.52. The second kappa shape index (κ2) is 5.91. The van der Waals surface area contributed by atoms with Crippen LogP contribution in [0.3, 0.4) is 0 Å². The summed E-state index contributed by atoms with van der Waals surface area (Å²) in [5.41, 5.74) is 0.624. The van der Waals surface area contributed by atoms with E-state index in [4.69, 9.17) is 0 Å². The quantitative estimate of drug-likeness (QED) is 0.803. The summed E-state index contributed by atoms with van der Waals surface area (Å²) >= 11 is 0. The first-order chi connectivity index (χ1) is 8.77. The SMILES string of the molecule is CNC(=O)[C@@]1(CCCc2cnccn2)CCCN1. The number of nitrogens with one attached hydrogen (secondary N) is 2. The first-order valence-corrected chi connectivity index (χ1v) is 6.49. The Morgan fingerprint density at radius 2 is 2.44 bits per heavy atom. The molecule has 0 aromatic carbocycles. The van der Waals surface area contributed by atoms with Gasteiger partial charge in [0.25, 0.3) is 0 Å². The van der Waals surface area contributed by atoms with Crippen molar-refractivity contribution >= 4 is 5.91 Å². The van der Waals surface area contributed by atoms with Crippen molar-refractivity contribution in [2.24, 2.45) is 0 Å². The summed E-state index contributed by atoms with van der Waals surface area (Å²) in [7, 11) is 1.70. The number of rotatable bonds is 5. The number of aryl methyl sites for hydroxylation is 1. The highest BCUT2D eigenvalue weighted by Crippen LogP contribution is 2.25. The molecule has 1 aromatic rings. The van der Waals surface area contributed by atoms with E-state index in [1.165, 1.54) is 0 Å². The van der Waals surface area contributed by atoms with E-state index in [9.17, 15) is 4.79 Å². The van der Waals surface area contributed by atoms with Crippen molar-refractivity contribution in [2.75, 3.05) is 13.6 Å². The van der Waals surface area contributed by atoms with E-state index in [-0.39, 0.29) is 11.4 Å². The highest BCUT2D eigenvalue weighted by molar-refractivity contribution is 5.86. The Morgan fingerprint density at radius 3 is 3.06 bits per heavy atom. The molecule has 5 heteroatoms. The molecule has 2 rings (SSSR count). The number of hydrogen-bond donors (Lipinski definition) is 2. The standard InChI is InChI=1S/C13H20N4O/c1-14-12(18)13(6-3-7-17-13)5-2-4-11-10-15-8-9-16-11/h8-10,17H,2-7H2,1H3,(H,14,18)/t13-/m1/s1. The van der Waals surface area contributed by atoms with Crippen LogP contribution >= 0.6 is 0 Å². The molecule has 1 saturated heterocycles. The van der Waals surface area contributed by atoms with Crippen LogP contribution in [0.5, 0.6) is 0 Å². The molecule has 98 valence electrons. The minimum Gasteiger partial charge on any atom is -0.358 e. The number of amides is 1. The Hall–Kier alpha value is -1.49. The monoisotopic (exact) mass is 248 g/mol. The van der Waals surface area contributed by atoms with Crippen LogP contribution in [0.1, 0.15) is 31.4 Å². The number of likely N-dealkylation sites (N-methyl/N-ethyl adjacent to an activating group) is 1. The average Bonchev–Trinajstić information content (AvgIpc) is 2.89. The molecule has 0 bridgehead atoms. The fourth-order valence-corrected chi connectivity index (χ4v) is 2.60. The molecule has 0 unspecified atom stereocenters. The Labute approximate surface area is 107 Å².